The van der Waals surface area contributed by atoms with Crippen LogP contribution in [0.5, 0.6) is 0 Å². The van der Waals surface area contributed by atoms with E-state index in [1.807, 2.05) is 131 Å². The molecule has 518 valence electrons. The number of carbonyl (C=O) groups is 2. The molecule has 0 aliphatic carbocycles. The van der Waals surface area contributed by atoms with Gasteiger partial charge in [0.05, 0.1) is 75.4 Å². The second kappa shape index (κ2) is 35.1. The molecular weight excluding hydrogens is 1700 g/mol. The van der Waals surface area contributed by atoms with E-state index in [4.69, 9.17) is 51.4 Å². The van der Waals surface area contributed by atoms with E-state index in [9.17, 15) is 34.8 Å². The van der Waals surface area contributed by atoms with E-state index in [0.717, 1.165) is 98.8 Å². The highest BCUT2D eigenvalue weighted by Crippen LogP contribution is 2.35. The Hall–Kier alpha value is -3.89. The van der Waals surface area contributed by atoms with Crippen molar-refractivity contribution in [3.8, 4) is 17.1 Å². The van der Waals surface area contributed by atoms with E-state index >= 15 is 0 Å². The zero-order valence-corrected chi connectivity index (χ0v) is 67.3. The minimum atomic E-state index is -3.26. The van der Waals surface area contributed by atoms with Gasteiger partial charge in [-0.1, -0.05) is 130 Å². The Kier molecular flexibility index (Phi) is 29.1. The van der Waals surface area contributed by atoms with Gasteiger partial charge in [0.15, 0.2) is 11.6 Å². The zero-order chi connectivity index (χ0) is 70.6. The molecule has 1 fully saturated rings. The van der Waals surface area contributed by atoms with Crippen LogP contribution in [0.25, 0.3) is 50.2 Å². The molecule has 18 nitrogen and oxygen atoms in total. The molecule has 1 aliphatic rings. The highest BCUT2D eigenvalue weighted by molar-refractivity contribution is 14.3. The van der Waals surface area contributed by atoms with Crippen molar-refractivity contribution >= 4 is 189 Å². The summed E-state index contributed by atoms with van der Waals surface area (Å²) < 4.78 is 82.2. The first-order chi connectivity index (χ1) is 45.1. The number of Topliss-reactive ketones (excluding diaryl/α,β-unsaturated/α-hetero) is 2. The van der Waals surface area contributed by atoms with Gasteiger partial charge in [0.25, 0.3) is 0 Å². The molecule has 6 aromatic heterocycles. The number of sulfonamides is 3. The number of carbonyl (C=O) groups excluding carboxylic acids is 2. The summed E-state index contributed by atoms with van der Waals surface area (Å²) in [6, 6.07) is 30.6. The summed E-state index contributed by atoms with van der Waals surface area (Å²) in [5.74, 6) is -0.248. The first-order valence-electron chi connectivity index (χ1n) is 31.2. The number of nitrogens with zero attached hydrogens (tertiary/aromatic N) is 10. The number of benzene rings is 3. The van der Waals surface area contributed by atoms with Crippen LogP contribution in [0.2, 0.25) is 15.1 Å². The van der Waals surface area contributed by atoms with E-state index in [1.54, 1.807) is 24.5 Å². The number of fused-ring (bicyclic) bond motifs is 3. The Morgan fingerprint density at radius 3 is 1.19 bits per heavy atom. The average molecular weight is 1790 g/mol. The quantitative estimate of drug-likeness (QED) is 0.0333. The first kappa shape index (κ1) is 79.4. The maximum absolute atomic E-state index is 13.5. The molecule has 0 amide bonds. The van der Waals surface area contributed by atoms with Gasteiger partial charge in [0.2, 0.25) is 30.1 Å². The predicted octanol–water partition coefficient (Wildman–Crippen LogP) is 15.5. The zero-order valence-electron chi connectivity index (χ0n) is 55.4. The third kappa shape index (κ3) is 21.6. The Labute approximate surface area is 626 Å². The summed E-state index contributed by atoms with van der Waals surface area (Å²) in [4.78, 5) is 42.1. The normalized spacial score (nSPS) is 13.2. The number of hydrogen-bond acceptors (Lipinski definition) is 12. The molecule has 1 saturated heterocycles. The smallest absolute Gasteiger partial charge is 0.211 e. The van der Waals surface area contributed by atoms with Crippen molar-refractivity contribution in [1.29, 1.82) is 0 Å². The summed E-state index contributed by atoms with van der Waals surface area (Å²) in [6.07, 6.45) is 14.1. The van der Waals surface area contributed by atoms with Gasteiger partial charge in [-0.25, -0.2) is 38.2 Å². The van der Waals surface area contributed by atoms with Crippen LogP contribution in [-0.2, 0) is 49.3 Å². The number of hydrogen-bond donors (Lipinski definition) is 0. The molecule has 0 N–H and O–H groups in total. The molecule has 28 heteroatoms. The monoisotopic (exact) mass is 1780 g/mol. The van der Waals surface area contributed by atoms with Crippen LogP contribution in [0.4, 0.5) is 0 Å². The average Bonchev–Trinajstić information content (AvgIpc) is 1.61. The SMILES string of the molecule is CC(I)(I)I.CCN(CCc1cnc2c(C(=O)CCl)c(C)n(-c3ccc(Cl)cc3)c2c1)S(C)(=O)=O.CCN(CCc1cnc2c(C(=O)CN3CCCCC3)c(C)n(-c3ccc(Cl)cc3)c2c1)S(C)(=O)=O.CCN(CCc1cnc2cc(C)n(-c3ccc(Cl)cc3)c2c1)S(C)(=O)=O. The highest BCUT2D eigenvalue weighted by Gasteiger charge is 2.27. The summed E-state index contributed by atoms with van der Waals surface area (Å²) in [5, 5.41) is 1.95. The number of alkyl halides is 4. The molecule has 10 rings (SSSR count). The van der Waals surface area contributed by atoms with E-state index in [-0.39, 0.29) is 17.4 Å². The van der Waals surface area contributed by atoms with Crippen LogP contribution in [-0.4, -0.2) is 166 Å². The Morgan fingerprint density at radius 1 is 0.510 bits per heavy atom. The van der Waals surface area contributed by atoms with Crippen molar-refractivity contribution < 1.29 is 34.8 Å². The number of halogens is 7. The lowest BCUT2D eigenvalue weighted by atomic mass is 10.1. The first-order valence-corrected chi connectivity index (χ1v) is 41.6. The number of aromatic nitrogens is 6. The predicted molar refractivity (Wildman–Crippen MR) is 420 cm³/mol. The van der Waals surface area contributed by atoms with Gasteiger partial charge < -0.3 is 13.7 Å². The van der Waals surface area contributed by atoms with Crippen molar-refractivity contribution in [2.24, 2.45) is 0 Å². The largest absolute Gasteiger partial charge is 0.312 e. The van der Waals surface area contributed by atoms with Crippen molar-refractivity contribution in [3.63, 3.8) is 0 Å². The molecule has 1 aliphatic heterocycles. The molecule has 0 bridgehead atoms. The Balaban J connectivity index is 0.000000198. The molecule has 3 aromatic carbocycles. The third-order valence-electron chi connectivity index (χ3n) is 16.3. The van der Waals surface area contributed by atoms with Crippen LogP contribution < -0.4 is 0 Å². The minimum absolute atomic E-state index is 0.0802. The molecular formula is C68H81Cl4I3N10O8S3. The van der Waals surface area contributed by atoms with Gasteiger partial charge in [-0.2, -0.15) is 0 Å². The van der Waals surface area contributed by atoms with Crippen molar-refractivity contribution in [3.05, 3.63) is 176 Å². The van der Waals surface area contributed by atoms with Gasteiger partial charge in [0, 0.05) is 107 Å². The van der Waals surface area contributed by atoms with Gasteiger partial charge in [-0.05, 0) is 187 Å². The standard InChI is InChI=1S/C26H33ClN4O3S.C21H23Cl2N3O3S.C19H22ClN3O2S.C2H3I3/c1-4-30(35(3,33)34)15-12-20-16-23-26(28-17-20)25(24(32)18-29-13-6-5-7-14-29)19(2)31(23)22-10-8-21(27)9-11-22;1-4-25(30(3,28)29)10-9-15-11-18-21(24-13-15)20(19(27)12-22)14(2)26(18)17-7-5-16(23)6-8-17;1-4-22(26(3,24)25)10-9-15-12-19-18(21-13-15)11-14(2)23(19)17-7-5-16(20)6-8-17;1-2(3,4)5/h8-11,16-17H,4-7,12-15,18H2,1-3H3;5-8,11,13H,4,9-10,12H2,1-3H3;5-8,11-13H,4,9-10H2,1-3H3;1H3. The highest BCUT2D eigenvalue weighted by atomic mass is 127. The molecule has 0 saturated carbocycles. The number of pyridine rings is 3. The minimum Gasteiger partial charge on any atom is -0.312 e. The Morgan fingerprint density at radius 2 is 0.844 bits per heavy atom. The molecule has 9 aromatic rings. The second-order valence-electron chi connectivity index (χ2n) is 23.4. The second-order valence-corrected chi connectivity index (χ2v) is 43.6. The van der Waals surface area contributed by atoms with Gasteiger partial charge in [-0.3, -0.25) is 29.4 Å². The van der Waals surface area contributed by atoms with Crippen molar-refractivity contribution in [1.82, 2.24) is 46.5 Å². The number of likely N-dealkylation sites (tertiary alicyclic amines) is 1. The lowest BCUT2D eigenvalue weighted by Crippen LogP contribution is -2.34. The third-order valence-corrected chi connectivity index (χ3v) is 21.4. The number of rotatable bonds is 23. The van der Waals surface area contributed by atoms with E-state index < -0.39 is 30.1 Å². The maximum atomic E-state index is 13.5. The van der Waals surface area contributed by atoms with E-state index in [1.165, 1.54) is 38.1 Å². The van der Waals surface area contributed by atoms with Gasteiger partial charge in [-0.15, -0.1) is 11.6 Å². The fourth-order valence-electron chi connectivity index (χ4n) is 11.7. The maximum Gasteiger partial charge on any atom is 0.211 e. The topological polar surface area (TPSA) is 203 Å². The number of ketones is 2. The van der Waals surface area contributed by atoms with Crippen LogP contribution in [0, 0.1) is 20.8 Å². The Bertz CT molecular complexity index is 4540. The fraction of sp³-hybridized carbons (Fsp3) is 0.397. The van der Waals surface area contributed by atoms with Crippen LogP contribution in [0.15, 0.2) is 116 Å². The molecule has 7 heterocycles. The van der Waals surface area contributed by atoms with Crippen molar-refractivity contribution in [2.45, 2.75) is 86.4 Å². The number of likely N-dealkylation sites (N-methyl/N-ethyl adjacent to an activating group) is 3. The number of piperidine rings is 1. The van der Waals surface area contributed by atoms with E-state index in [0.29, 0.717) is 102 Å². The van der Waals surface area contributed by atoms with Crippen LogP contribution >= 0.6 is 114 Å². The molecule has 96 heavy (non-hydrogen) atoms. The van der Waals surface area contributed by atoms with Gasteiger partial charge in [0.1, 0.15) is -0.565 Å². The molecule has 0 radical (unpaired) electrons. The summed E-state index contributed by atoms with van der Waals surface area (Å²) >= 11 is 31.1. The molecule has 0 unspecified atom stereocenters. The molecule has 0 atom stereocenters. The summed E-state index contributed by atoms with van der Waals surface area (Å²) in [5.41, 5.74) is 14.2. The lowest BCUT2D eigenvalue weighted by Gasteiger charge is -2.25. The van der Waals surface area contributed by atoms with Crippen LogP contribution in [0.1, 0.15) is 101 Å². The summed E-state index contributed by atoms with van der Waals surface area (Å²) in [6.45, 7) is 18.3. The lowest BCUT2D eigenvalue weighted by molar-refractivity contribution is 0.0915. The van der Waals surface area contributed by atoms with Crippen molar-refractivity contribution in [2.75, 3.05) is 83.6 Å². The summed E-state index contributed by atoms with van der Waals surface area (Å²) in [7, 11) is -9.71. The number of aryl methyl sites for hydroxylation is 1. The van der Waals surface area contributed by atoms with Gasteiger partial charge >= 0.3 is 0 Å². The van der Waals surface area contributed by atoms with E-state index in [2.05, 4.69) is 105 Å². The molecule has 0 spiro atoms. The fourth-order valence-corrected chi connectivity index (χ4v) is 14.8. The van der Waals surface area contributed by atoms with Crippen LogP contribution in [0.3, 0.4) is 0 Å².